The number of hydrogen-bond acceptors (Lipinski definition) is 5. The molecular weight excluding hydrogens is 482 g/mol. The van der Waals surface area contributed by atoms with Crippen LogP contribution in [0.3, 0.4) is 0 Å². The molecule has 0 bridgehead atoms. The fraction of sp³-hybridized carbons (Fsp3) is 0.0333. The lowest BCUT2D eigenvalue weighted by molar-refractivity contribution is 0.0984. The van der Waals surface area contributed by atoms with E-state index in [4.69, 9.17) is 4.74 Å². The van der Waals surface area contributed by atoms with Crippen LogP contribution in [-0.2, 0) is 6.54 Å². The third kappa shape index (κ3) is 4.48. The van der Waals surface area contributed by atoms with E-state index >= 15 is 0 Å². The van der Waals surface area contributed by atoms with Gasteiger partial charge in [0.25, 0.3) is 11.8 Å². The first-order chi connectivity index (χ1) is 18.2. The Hall–Kier alpha value is -4.75. The zero-order chi connectivity index (χ0) is 25.2. The third-order valence-corrected chi connectivity index (χ3v) is 7.04. The summed E-state index contributed by atoms with van der Waals surface area (Å²) in [5.74, 6) is 0.687. The molecular formula is C30H21N3O3S. The number of nitrogens with zero attached hydrogens (tertiary/aromatic N) is 2. The van der Waals surface area contributed by atoms with Crippen LogP contribution in [0.15, 0.2) is 109 Å². The van der Waals surface area contributed by atoms with Crippen LogP contribution in [0.25, 0.3) is 10.4 Å². The van der Waals surface area contributed by atoms with E-state index in [2.05, 4.69) is 10.3 Å². The first-order valence-corrected chi connectivity index (χ1v) is 12.6. The number of carbonyl (C=O) groups is 2. The van der Waals surface area contributed by atoms with Gasteiger partial charge in [0.05, 0.1) is 12.2 Å². The summed E-state index contributed by atoms with van der Waals surface area (Å²) < 4.78 is 6.01. The molecule has 2 aromatic heterocycles. The second-order valence-corrected chi connectivity index (χ2v) is 9.43. The number of pyridine rings is 1. The highest BCUT2D eigenvalue weighted by Crippen LogP contribution is 2.38. The highest BCUT2D eigenvalue weighted by atomic mass is 32.1. The summed E-state index contributed by atoms with van der Waals surface area (Å²) in [5.41, 5.74) is 4.08. The van der Waals surface area contributed by atoms with Crippen molar-refractivity contribution < 1.29 is 14.3 Å². The summed E-state index contributed by atoms with van der Waals surface area (Å²) in [6, 6.07) is 29.6. The minimum atomic E-state index is -0.203. The van der Waals surface area contributed by atoms with E-state index in [0.29, 0.717) is 40.7 Å². The number of rotatable bonds is 4. The third-order valence-electron chi connectivity index (χ3n) is 6.13. The SMILES string of the molecule is O=C(Nc1ccc(C(=O)N2Cc3cccnc3Oc3ccccc32)cc1)c1ccccc1-c1cccs1. The Balaban J connectivity index is 1.24. The Morgan fingerprint density at radius 3 is 2.51 bits per heavy atom. The Kier molecular flexibility index (Phi) is 5.96. The van der Waals surface area contributed by atoms with E-state index in [-0.39, 0.29) is 11.8 Å². The topological polar surface area (TPSA) is 71.5 Å². The molecule has 7 heteroatoms. The van der Waals surface area contributed by atoms with Crippen molar-refractivity contribution in [3.8, 4) is 22.1 Å². The van der Waals surface area contributed by atoms with Gasteiger partial charge in [-0.15, -0.1) is 11.3 Å². The molecule has 0 saturated carbocycles. The number of thiophene rings is 1. The molecule has 3 aromatic carbocycles. The molecule has 180 valence electrons. The Morgan fingerprint density at radius 1 is 0.865 bits per heavy atom. The van der Waals surface area contributed by atoms with Crippen LogP contribution < -0.4 is 15.0 Å². The largest absolute Gasteiger partial charge is 0.436 e. The molecule has 0 atom stereocenters. The van der Waals surface area contributed by atoms with Gasteiger partial charge in [-0.25, -0.2) is 4.98 Å². The highest BCUT2D eigenvalue weighted by Gasteiger charge is 2.26. The Morgan fingerprint density at radius 2 is 1.68 bits per heavy atom. The normalized spacial score (nSPS) is 12.1. The molecule has 0 saturated heterocycles. The van der Waals surface area contributed by atoms with Gasteiger partial charge in [-0.3, -0.25) is 9.59 Å². The number of amides is 2. The van der Waals surface area contributed by atoms with Crippen LogP contribution in [0.1, 0.15) is 26.3 Å². The summed E-state index contributed by atoms with van der Waals surface area (Å²) in [6.45, 7) is 0.330. The van der Waals surface area contributed by atoms with Gasteiger partial charge in [0.15, 0.2) is 5.75 Å². The lowest BCUT2D eigenvalue weighted by atomic mass is 10.1. The zero-order valence-electron chi connectivity index (χ0n) is 19.6. The fourth-order valence-electron chi connectivity index (χ4n) is 4.32. The van der Waals surface area contributed by atoms with Crippen molar-refractivity contribution in [3.05, 3.63) is 125 Å². The first-order valence-electron chi connectivity index (χ1n) is 11.7. The van der Waals surface area contributed by atoms with Gasteiger partial charge in [0.1, 0.15) is 0 Å². The molecule has 6 nitrogen and oxygen atoms in total. The van der Waals surface area contributed by atoms with E-state index in [9.17, 15) is 9.59 Å². The highest BCUT2D eigenvalue weighted by molar-refractivity contribution is 7.13. The molecule has 0 aliphatic carbocycles. The van der Waals surface area contributed by atoms with Crippen LogP contribution in [0.2, 0.25) is 0 Å². The van der Waals surface area contributed by atoms with Gasteiger partial charge in [-0.1, -0.05) is 42.5 Å². The molecule has 0 fully saturated rings. The van der Waals surface area contributed by atoms with Crippen molar-refractivity contribution >= 4 is 34.5 Å². The Bertz CT molecular complexity index is 1600. The van der Waals surface area contributed by atoms with Crippen molar-refractivity contribution in [3.63, 3.8) is 0 Å². The quantitative estimate of drug-likeness (QED) is 0.286. The van der Waals surface area contributed by atoms with Gasteiger partial charge < -0.3 is 15.0 Å². The maximum Gasteiger partial charge on any atom is 0.258 e. The number of para-hydroxylation sites is 2. The number of carbonyl (C=O) groups excluding carboxylic acids is 2. The van der Waals surface area contributed by atoms with Gasteiger partial charge in [-0.05, 0) is 60.0 Å². The van der Waals surface area contributed by atoms with Crippen LogP contribution in [0.5, 0.6) is 11.6 Å². The average molecular weight is 504 g/mol. The summed E-state index contributed by atoms with van der Waals surface area (Å²) >= 11 is 1.59. The molecule has 3 heterocycles. The monoisotopic (exact) mass is 503 g/mol. The lowest BCUT2D eigenvalue weighted by Crippen LogP contribution is -2.29. The van der Waals surface area contributed by atoms with Crippen LogP contribution in [-0.4, -0.2) is 16.8 Å². The predicted octanol–water partition coefficient (Wildman–Crippen LogP) is 7.02. The van der Waals surface area contributed by atoms with Gasteiger partial charge in [0.2, 0.25) is 5.88 Å². The number of aromatic nitrogens is 1. The number of nitrogens with one attached hydrogen (secondary N) is 1. The number of hydrogen-bond donors (Lipinski definition) is 1. The molecule has 5 aromatic rings. The molecule has 2 amide bonds. The molecule has 0 spiro atoms. The Labute approximate surface area is 217 Å². The smallest absolute Gasteiger partial charge is 0.258 e. The molecule has 6 rings (SSSR count). The molecule has 1 aliphatic rings. The number of fused-ring (bicyclic) bond motifs is 2. The second kappa shape index (κ2) is 9.72. The standard InChI is InChI=1S/C30H21N3O3S/c34-28(24-9-2-1-8-23(24)27-12-6-18-37-27)32-22-15-13-20(14-16-22)30(35)33-19-21-7-5-17-31-29(21)36-26-11-4-3-10-25(26)33/h1-18H,19H2,(H,32,34). The summed E-state index contributed by atoms with van der Waals surface area (Å²) in [4.78, 5) is 33.8. The molecule has 1 aliphatic heterocycles. The number of anilines is 2. The maximum absolute atomic E-state index is 13.6. The van der Waals surface area contributed by atoms with Gasteiger partial charge in [-0.2, -0.15) is 0 Å². The minimum Gasteiger partial charge on any atom is -0.436 e. The van der Waals surface area contributed by atoms with E-state index in [1.54, 1.807) is 46.7 Å². The van der Waals surface area contributed by atoms with Crippen molar-refractivity contribution in [2.75, 3.05) is 10.2 Å². The van der Waals surface area contributed by atoms with E-state index in [1.165, 1.54) is 0 Å². The minimum absolute atomic E-state index is 0.173. The van der Waals surface area contributed by atoms with Crippen molar-refractivity contribution in [1.82, 2.24) is 4.98 Å². The first kappa shape index (κ1) is 22.7. The van der Waals surface area contributed by atoms with E-state index in [1.807, 2.05) is 78.2 Å². The number of ether oxygens (including phenoxy) is 1. The molecule has 0 radical (unpaired) electrons. The predicted molar refractivity (Wildman–Crippen MR) is 145 cm³/mol. The maximum atomic E-state index is 13.6. The summed E-state index contributed by atoms with van der Waals surface area (Å²) in [6.07, 6.45) is 1.67. The summed E-state index contributed by atoms with van der Waals surface area (Å²) in [7, 11) is 0. The molecule has 0 unspecified atom stereocenters. The average Bonchev–Trinajstić information content (AvgIpc) is 3.42. The van der Waals surface area contributed by atoms with Crippen LogP contribution in [0.4, 0.5) is 11.4 Å². The van der Waals surface area contributed by atoms with Crippen molar-refractivity contribution in [2.24, 2.45) is 0 Å². The summed E-state index contributed by atoms with van der Waals surface area (Å²) in [5, 5.41) is 4.95. The van der Waals surface area contributed by atoms with Gasteiger partial charge >= 0.3 is 0 Å². The molecule has 1 N–H and O–H groups in total. The van der Waals surface area contributed by atoms with Crippen LogP contribution in [0, 0.1) is 0 Å². The lowest BCUT2D eigenvalue weighted by Gasteiger charge is -2.22. The van der Waals surface area contributed by atoms with E-state index < -0.39 is 0 Å². The van der Waals surface area contributed by atoms with Crippen molar-refractivity contribution in [2.45, 2.75) is 6.54 Å². The van der Waals surface area contributed by atoms with Gasteiger partial charge in [0, 0.05) is 39.0 Å². The van der Waals surface area contributed by atoms with Crippen LogP contribution >= 0.6 is 11.3 Å². The van der Waals surface area contributed by atoms with E-state index in [0.717, 1.165) is 16.0 Å². The number of benzene rings is 3. The zero-order valence-corrected chi connectivity index (χ0v) is 20.4. The second-order valence-electron chi connectivity index (χ2n) is 8.48. The fourth-order valence-corrected chi connectivity index (χ4v) is 5.09. The molecule has 37 heavy (non-hydrogen) atoms. The van der Waals surface area contributed by atoms with Crippen molar-refractivity contribution in [1.29, 1.82) is 0 Å².